The topological polar surface area (TPSA) is 114 Å². The van der Waals surface area contributed by atoms with Crippen LogP contribution in [0.15, 0.2) is 12.1 Å². The van der Waals surface area contributed by atoms with Crippen LogP contribution < -0.4 is 10.1 Å². The fourth-order valence-electron chi connectivity index (χ4n) is 2.28. The van der Waals surface area contributed by atoms with Crippen molar-refractivity contribution < 1.29 is 24.2 Å². The average Bonchev–Trinajstić information content (AvgIpc) is 2.53. The molecule has 0 saturated carbocycles. The molecule has 2 amide bonds. The van der Waals surface area contributed by atoms with Crippen LogP contribution in [0.2, 0.25) is 0 Å². The van der Waals surface area contributed by atoms with Gasteiger partial charge in [-0.1, -0.05) is 6.08 Å². The van der Waals surface area contributed by atoms with Gasteiger partial charge < -0.3 is 19.5 Å². The Hall–Kier alpha value is -2.84. The molecule has 2 rings (SSSR count). The van der Waals surface area contributed by atoms with E-state index in [1.54, 1.807) is 32.9 Å². The Morgan fingerprint density at radius 2 is 2.04 bits per heavy atom. The molecule has 9 heteroatoms. The van der Waals surface area contributed by atoms with Crippen molar-refractivity contribution in [2.24, 2.45) is 0 Å². The molecule has 9 nitrogen and oxygen atoms in total. The highest BCUT2D eigenvalue weighted by Crippen LogP contribution is 2.29. The number of amides is 2. The summed E-state index contributed by atoms with van der Waals surface area (Å²) in [5.74, 6) is 0.648. The van der Waals surface area contributed by atoms with E-state index >= 15 is 0 Å². The van der Waals surface area contributed by atoms with Gasteiger partial charge in [0, 0.05) is 19.2 Å². The summed E-state index contributed by atoms with van der Waals surface area (Å²) in [7, 11) is 1.49. The number of hydrogen-bond donors (Lipinski definition) is 2. The third-order valence-corrected chi connectivity index (χ3v) is 3.39. The van der Waals surface area contributed by atoms with Crippen LogP contribution in [0.5, 0.6) is 5.75 Å². The van der Waals surface area contributed by atoms with E-state index in [0.717, 1.165) is 5.57 Å². The number of aromatic nitrogens is 2. The van der Waals surface area contributed by atoms with E-state index in [0.29, 0.717) is 24.4 Å². The Kier molecular flexibility index (Phi) is 5.45. The van der Waals surface area contributed by atoms with E-state index in [1.807, 2.05) is 0 Å². The van der Waals surface area contributed by atoms with Crippen molar-refractivity contribution in [3.05, 3.63) is 17.8 Å². The van der Waals surface area contributed by atoms with Gasteiger partial charge in [0.2, 0.25) is 0 Å². The van der Waals surface area contributed by atoms with Crippen LogP contribution in [-0.2, 0) is 4.74 Å². The van der Waals surface area contributed by atoms with E-state index < -0.39 is 17.8 Å². The number of anilines is 1. The summed E-state index contributed by atoms with van der Waals surface area (Å²) in [5, 5.41) is 19.6. The van der Waals surface area contributed by atoms with Gasteiger partial charge in [0.1, 0.15) is 17.0 Å². The van der Waals surface area contributed by atoms with E-state index in [-0.39, 0.29) is 12.4 Å². The second kappa shape index (κ2) is 7.37. The fourth-order valence-corrected chi connectivity index (χ4v) is 2.28. The number of carboxylic acid groups (broad SMARTS) is 1. The quantitative estimate of drug-likeness (QED) is 0.861. The second-order valence-corrected chi connectivity index (χ2v) is 6.48. The van der Waals surface area contributed by atoms with E-state index in [9.17, 15) is 9.59 Å². The average molecular weight is 350 g/mol. The Morgan fingerprint density at radius 1 is 1.32 bits per heavy atom. The molecule has 1 aliphatic rings. The first-order valence-electron chi connectivity index (χ1n) is 7.78. The normalized spacial score (nSPS) is 14.6. The number of methoxy groups -OCH3 is 1. The Bertz CT molecular complexity index is 696. The summed E-state index contributed by atoms with van der Waals surface area (Å²) < 4.78 is 10.5. The van der Waals surface area contributed by atoms with Crippen LogP contribution >= 0.6 is 0 Å². The minimum absolute atomic E-state index is 0.207. The van der Waals surface area contributed by atoms with E-state index in [2.05, 4.69) is 15.5 Å². The molecule has 0 fully saturated rings. The molecule has 0 unspecified atom stereocenters. The third kappa shape index (κ3) is 5.07. The molecule has 2 N–H and O–H groups in total. The molecule has 1 aromatic heterocycles. The smallest absolute Gasteiger partial charge is 0.413 e. The highest BCUT2D eigenvalue weighted by Gasteiger charge is 2.21. The number of carbonyl (C=O) groups is 2. The van der Waals surface area contributed by atoms with E-state index in [4.69, 9.17) is 14.6 Å². The summed E-state index contributed by atoms with van der Waals surface area (Å²) >= 11 is 0. The number of carbonyl (C=O) groups excluding carboxylic acids is 1. The molecular formula is C16H22N4O5. The number of rotatable bonds is 3. The number of ether oxygens (including phenoxy) is 2. The van der Waals surface area contributed by atoms with Gasteiger partial charge in [0.05, 0.1) is 7.11 Å². The van der Waals surface area contributed by atoms with Gasteiger partial charge in [-0.15, -0.1) is 10.2 Å². The Balaban J connectivity index is 2.15. The van der Waals surface area contributed by atoms with Gasteiger partial charge >= 0.3 is 12.2 Å². The molecular weight excluding hydrogens is 328 g/mol. The lowest BCUT2D eigenvalue weighted by molar-refractivity contribution is 0.0635. The molecule has 1 aromatic rings. The van der Waals surface area contributed by atoms with Crippen molar-refractivity contribution in [2.45, 2.75) is 32.8 Å². The van der Waals surface area contributed by atoms with Crippen LogP contribution in [0.25, 0.3) is 5.57 Å². The predicted octanol–water partition coefficient (Wildman–Crippen LogP) is 2.60. The van der Waals surface area contributed by atoms with Crippen molar-refractivity contribution in [1.29, 1.82) is 0 Å². The molecule has 0 aliphatic carbocycles. The summed E-state index contributed by atoms with van der Waals surface area (Å²) in [5.41, 5.74) is 0.762. The minimum Gasteiger partial charge on any atom is -0.494 e. The zero-order valence-corrected chi connectivity index (χ0v) is 14.7. The molecule has 0 atom stereocenters. The summed E-state index contributed by atoms with van der Waals surface area (Å²) in [6, 6.07) is 1.55. The molecule has 2 heterocycles. The highest BCUT2D eigenvalue weighted by atomic mass is 16.6. The van der Waals surface area contributed by atoms with Gasteiger partial charge in [-0.2, -0.15) is 0 Å². The molecule has 1 aliphatic heterocycles. The fraction of sp³-hybridized carbons (Fsp3) is 0.500. The molecule has 0 aromatic carbocycles. The van der Waals surface area contributed by atoms with Crippen LogP contribution in [0, 0.1) is 0 Å². The maximum absolute atomic E-state index is 11.8. The summed E-state index contributed by atoms with van der Waals surface area (Å²) in [6.45, 7) is 5.95. The second-order valence-electron chi connectivity index (χ2n) is 6.48. The maximum Gasteiger partial charge on any atom is 0.413 e. The van der Waals surface area contributed by atoms with Crippen molar-refractivity contribution in [3.63, 3.8) is 0 Å². The van der Waals surface area contributed by atoms with Gasteiger partial charge in [0.25, 0.3) is 0 Å². The summed E-state index contributed by atoms with van der Waals surface area (Å²) in [4.78, 5) is 24.1. The number of nitrogens with zero attached hydrogens (tertiary/aromatic N) is 3. The minimum atomic E-state index is -0.953. The van der Waals surface area contributed by atoms with Gasteiger partial charge in [-0.25, -0.2) is 9.59 Å². The zero-order chi connectivity index (χ0) is 18.6. The molecule has 0 bridgehead atoms. The molecule has 0 saturated heterocycles. The standard InChI is InChI=1S/C16H22N4O5/c1-16(2,3)25-14(21)17-12-9-11(24-4)13(19-18-12)10-5-7-20(8-6-10)15(22)23/h5,9H,6-8H2,1-4H3,(H,22,23)(H,17,18,21). The van der Waals surface area contributed by atoms with Gasteiger partial charge in [-0.3, -0.25) is 5.32 Å². The maximum atomic E-state index is 11.8. The van der Waals surface area contributed by atoms with Crippen molar-refractivity contribution in [2.75, 3.05) is 25.5 Å². The Labute approximate surface area is 145 Å². The highest BCUT2D eigenvalue weighted by molar-refractivity contribution is 5.84. The zero-order valence-electron chi connectivity index (χ0n) is 14.7. The van der Waals surface area contributed by atoms with Gasteiger partial charge in [0.15, 0.2) is 5.82 Å². The molecule has 0 radical (unpaired) electrons. The van der Waals surface area contributed by atoms with Crippen molar-refractivity contribution >= 4 is 23.6 Å². The predicted molar refractivity (Wildman–Crippen MR) is 90.6 cm³/mol. The first-order valence-corrected chi connectivity index (χ1v) is 7.78. The van der Waals surface area contributed by atoms with Crippen molar-refractivity contribution in [3.8, 4) is 5.75 Å². The SMILES string of the molecule is COc1cc(NC(=O)OC(C)(C)C)nnc1C1=CCN(C(=O)O)CC1. The molecule has 25 heavy (non-hydrogen) atoms. The molecule has 136 valence electrons. The third-order valence-electron chi connectivity index (χ3n) is 3.39. The number of nitrogens with one attached hydrogen (secondary N) is 1. The van der Waals surface area contributed by atoms with Crippen molar-refractivity contribution in [1.82, 2.24) is 15.1 Å². The Morgan fingerprint density at radius 3 is 2.56 bits per heavy atom. The lowest BCUT2D eigenvalue weighted by Crippen LogP contribution is -2.33. The molecule has 0 spiro atoms. The summed E-state index contributed by atoms with van der Waals surface area (Å²) in [6.07, 6.45) is 0.706. The van der Waals surface area contributed by atoms with Gasteiger partial charge in [-0.05, 0) is 32.8 Å². The lowest BCUT2D eigenvalue weighted by atomic mass is 10.0. The first kappa shape index (κ1) is 18.5. The van der Waals surface area contributed by atoms with Crippen LogP contribution in [0.3, 0.4) is 0 Å². The first-order chi connectivity index (χ1) is 11.7. The largest absolute Gasteiger partial charge is 0.494 e. The van der Waals surface area contributed by atoms with Crippen LogP contribution in [0.1, 0.15) is 32.9 Å². The number of hydrogen-bond acceptors (Lipinski definition) is 6. The van der Waals surface area contributed by atoms with E-state index in [1.165, 1.54) is 12.0 Å². The van der Waals surface area contributed by atoms with Crippen LogP contribution in [0.4, 0.5) is 15.4 Å². The van der Waals surface area contributed by atoms with Crippen LogP contribution in [-0.4, -0.2) is 58.2 Å². The monoisotopic (exact) mass is 350 g/mol. The lowest BCUT2D eigenvalue weighted by Gasteiger charge is -2.24.